The van der Waals surface area contributed by atoms with E-state index in [1.165, 1.54) is 0 Å². The molecule has 0 unspecified atom stereocenters. The summed E-state index contributed by atoms with van der Waals surface area (Å²) in [6.45, 7) is 0.623. The van der Waals surface area contributed by atoms with Gasteiger partial charge in [0.25, 0.3) is 0 Å². The second kappa shape index (κ2) is 9.42. The summed E-state index contributed by atoms with van der Waals surface area (Å²) in [5.41, 5.74) is 8.16. The lowest BCUT2D eigenvalue weighted by atomic mass is 10.2. The van der Waals surface area contributed by atoms with Crippen LogP contribution in [0.4, 0.5) is 17.1 Å². The Hall–Kier alpha value is -2.60. The maximum atomic E-state index is 9.04. The van der Waals surface area contributed by atoms with Crippen LogP contribution in [0.5, 0.6) is 11.5 Å². The van der Waals surface area contributed by atoms with E-state index < -0.39 is 0 Å². The normalized spacial score (nSPS) is 9.57. The van der Waals surface area contributed by atoms with E-state index in [1.807, 2.05) is 37.2 Å². The first-order valence-electron chi connectivity index (χ1n) is 7.22. The summed E-state index contributed by atoms with van der Waals surface area (Å²) < 4.78 is 5.00. The first-order valence-corrected chi connectivity index (χ1v) is 7.22. The molecule has 6 nitrogen and oxygen atoms in total. The number of aliphatic hydroxyl groups excluding tert-OH is 1. The predicted octanol–water partition coefficient (Wildman–Crippen LogP) is 2.14. The molecule has 0 atom stereocenters. The van der Waals surface area contributed by atoms with Crippen molar-refractivity contribution in [3.63, 3.8) is 0 Å². The summed E-state index contributed by atoms with van der Waals surface area (Å²) in [4.78, 5) is 1.94. The number of phenols is 1. The van der Waals surface area contributed by atoms with Gasteiger partial charge in [-0.25, -0.2) is 0 Å². The number of nitrogens with zero attached hydrogens (tertiary/aromatic N) is 1. The van der Waals surface area contributed by atoms with Gasteiger partial charge in [0.15, 0.2) is 0 Å². The molecule has 2 rings (SSSR count). The standard InChI is InChI=1S/C9H14N2O2.C8H11NO/c1-13-9-3-2-7(6-8(9)10)11-4-5-12;1-9(2)7-4-3-5-8(10)6-7/h2-3,6,11-12H,4-5,10H2,1H3;3-6,10H,1-2H3. The molecule has 0 saturated carbocycles. The zero-order valence-corrected chi connectivity index (χ0v) is 13.8. The maximum absolute atomic E-state index is 9.04. The van der Waals surface area contributed by atoms with E-state index >= 15 is 0 Å². The van der Waals surface area contributed by atoms with Gasteiger partial charge in [-0.2, -0.15) is 0 Å². The Balaban J connectivity index is 0.000000238. The van der Waals surface area contributed by atoms with Crippen LogP contribution < -0.4 is 20.7 Å². The van der Waals surface area contributed by atoms with Crippen LogP contribution in [-0.4, -0.2) is 44.6 Å². The molecule has 0 bridgehead atoms. The maximum Gasteiger partial charge on any atom is 0.141 e. The van der Waals surface area contributed by atoms with Gasteiger partial charge in [0, 0.05) is 38.1 Å². The largest absolute Gasteiger partial charge is 0.508 e. The number of phenolic OH excluding ortho intramolecular Hbond substituents is 1. The van der Waals surface area contributed by atoms with E-state index in [1.54, 1.807) is 31.4 Å². The first kappa shape index (κ1) is 18.4. The van der Waals surface area contributed by atoms with Crippen molar-refractivity contribution in [2.75, 3.05) is 50.3 Å². The van der Waals surface area contributed by atoms with E-state index in [0.29, 0.717) is 23.7 Å². The van der Waals surface area contributed by atoms with Gasteiger partial charge in [-0.3, -0.25) is 0 Å². The number of nitrogens with two attached hydrogens (primary N) is 1. The van der Waals surface area contributed by atoms with Crippen LogP contribution in [0.15, 0.2) is 42.5 Å². The zero-order valence-electron chi connectivity index (χ0n) is 13.8. The SMILES string of the molecule is CN(C)c1cccc(O)c1.COc1ccc(NCCO)cc1N. The fourth-order valence-electron chi connectivity index (χ4n) is 1.82. The molecule has 0 heterocycles. The highest BCUT2D eigenvalue weighted by Crippen LogP contribution is 2.24. The van der Waals surface area contributed by atoms with Crippen LogP contribution in [-0.2, 0) is 0 Å². The molecular formula is C17H25N3O3. The molecule has 0 saturated heterocycles. The Kier molecular flexibility index (Phi) is 7.56. The average molecular weight is 319 g/mol. The molecule has 23 heavy (non-hydrogen) atoms. The van der Waals surface area contributed by atoms with Gasteiger partial charge in [-0.05, 0) is 30.3 Å². The van der Waals surface area contributed by atoms with Crippen molar-refractivity contribution in [2.24, 2.45) is 0 Å². The molecule has 0 radical (unpaired) electrons. The molecule has 0 aliphatic carbocycles. The van der Waals surface area contributed by atoms with Gasteiger partial charge in [-0.1, -0.05) is 6.07 Å². The van der Waals surface area contributed by atoms with Crippen LogP contribution in [0.2, 0.25) is 0 Å². The minimum atomic E-state index is 0.103. The lowest BCUT2D eigenvalue weighted by Gasteiger charge is -2.11. The summed E-state index contributed by atoms with van der Waals surface area (Å²) >= 11 is 0. The van der Waals surface area contributed by atoms with Crippen molar-refractivity contribution < 1.29 is 14.9 Å². The molecule has 2 aromatic carbocycles. The van der Waals surface area contributed by atoms with Crippen LogP contribution in [0.3, 0.4) is 0 Å². The Bertz CT molecular complexity index is 603. The minimum Gasteiger partial charge on any atom is -0.508 e. The molecule has 0 amide bonds. The second-order valence-corrected chi connectivity index (χ2v) is 5.02. The van der Waals surface area contributed by atoms with Gasteiger partial charge in [-0.15, -0.1) is 0 Å². The number of methoxy groups -OCH3 is 1. The molecule has 0 aliphatic heterocycles. The van der Waals surface area contributed by atoms with Crippen molar-refractivity contribution in [1.29, 1.82) is 0 Å². The molecule has 0 fully saturated rings. The number of aliphatic hydroxyl groups is 1. The average Bonchev–Trinajstić information content (AvgIpc) is 2.53. The predicted molar refractivity (Wildman–Crippen MR) is 95.4 cm³/mol. The summed E-state index contributed by atoms with van der Waals surface area (Å²) in [6, 6.07) is 12.6. The number of nitrogen functional groups attached to an aromatic ring is 1. The summed E-state index contributed by atoms with van der Waals surface area (Å²) in [7, 11) is 5.45. The third-order valence-corrected chi connectivity index (χ3v) is 3.02. The lowest BCUT2D eigenvalue weighted by molar-refractivity contribution is 0.311. The fourth-order valence-corrected chi connectivity index (χ4v) is 1.82. The lowest BCUT2D eigenvalue weighted by Crippen LogP contribution is -2.07. The summed E-state index contributed by atoms with van der Waals surface area (Å²) in [5.74, 6) is 0.973. The molecule has 0 spiro atoms. The molecule has 0 aromatic heterocycles. The van der Waals surface area contributed by atoms with Crippen LogP contribution in [0, 0.1) is 0 Å². The topological polar surface area (TPSA) is 91.0 Å². The van der Waals surface area contributed by atoms with Crippen molar-refractivity contribution in [3.8, 4) is 11.5 Å². The summed E-state index contributed by atoms with van der Waals surface area (Å²) in [5, 5.41) is 20.6. The molecule has 126 valence electrons. The molecule has 2 aromatic rings. The van der Waals surface area contributed by atoms with E-state index in [0.717, 1.165) is 11.4 Å². The smallest absolute Gasteiger partial charge is 0.141 e. The van der Waals surface area contributed by atoms with Crippen LogP contribution in [0.1, 0.15) is 0 Å². The van der Waals surface area contributed by atoms with Crippen LogP contribution in [0.25, 0.3) is 0 Å². The number of benzene rings is 2. The number of anilines is 3. The monoisotopic (exact) mass is 319 g/mol. The quantitative estimate of drug-likeness (QED) is 0.631. The van der Waals surface area contributed by atoms with E-state index in [-0.39, 0.29) is 6.61 Å². The van der Waals surface area contributed by atoms with Crippen LogP contribution >= 0.6 is 0 Å². The summed E-state index contributed by atoms with van der Waals surface area (Å²) in [6.07, 6.45) is 0. The molecule has 6 heteroatoms. The zero-order chi connectivity index (χ0) is 17.2. The van der Waals surface area contributed by atoms with E-state index in [9.17, 15) is 0 Å². The van der Waals surface area contributed by atoms with Crippen molar-refractivity contribution >= 4 is 17.1 Å². The van der Waals surface area contributed by atoms with Gasteiger partial charge in [0.05, 0.1) is 19.4 Å². The van der Waals surface area contributed by atoms with Crippen molar-refractivity contribution in [3.05, 3.63) is 42.5 Å². The second-order valence-electron chi connectivity index (χ2n) is 5.02. The first-order chi connectivity index (χ1) is 11.0. The van der Waals surface area contributed by atoms with Crippen molar-refractivity contribution in [1.82, 2.24) is 0 Å². The Morgan fingerprint density at radius 2 is 1.91 bits per heavy atom. The molecule has 0 aliphatic rings. The van der Waals surface area contributed by atoms with Gasteiger partial charge >= 0.3 is 0 Å². The Morgan fingerprint density at radius 1 is 1.17 bits per heavy atom. The highest BCUT2D eigenvalue weighted by Gasteiger charge is 1.99. The number of hydrogen-bond acceptors (Lipinski definition) is 6. The van der Waals surface area contributed by atoms with E-state index in [2.05, 4.69) is 5.32 Å². The highest BCUT2D eigenvalue weighted by atomic mass is 16.5. The third-order valence-electron chi connectivity index (χ3n) is 3.02. The number of aromatic hydroxyl groups is 1. The molecule has 5 N–H and O–H groups in total. The Morgan fingerprint density at radius 3 is 2.39 bits per heavy atom. The highest BCUT2D eigenvalue weighted by molar-refractivity contribution is 5.62. The Labute approximate surface area is 137 Å². The third kappa shape index (κ3) is 6.36. The number of nitrogens with one attached hydrogen (secondary N) is 1. The number of hydrogen-bond donors (Lipinski definition) is 4. The van der Waals surface area contributed by atoms with Gasteiger partial charge in [0.2, 0.25) is 0 Å². The van der Waals surface area contributed by atoms with Gasteiger partial charge in [0.1, 0.15) is 11.5 Å². The number of rotatable bonds is 5. The van der Waals surface area contributed by atoms with E-state index in [4.69, 9.17) is 20.7 Å². The minimum absolute atomic E-state index is 0.103. The molecular weight excluding hydrogens is 294 g/mol. The van der Waals surface area contributed by atoms with Crippen molar-refractivity contribution in [2.45, 2.75) is 0 Å². The van der Waals surface area contributed by atoms with Gasteiger partial charge < -0.3 is 30.9 Å². The fraction of sp³-hybridized carbons (Fsp3) is 0.294. The number of ether oxygens (including phenoxy) is 1.